The van der Waals surface area contributed by atoms with Crippen LogP contribution in [0, 0.1) is 30.0 Å². The zero-order valence-corrected chi connectivity index (χ0v) is 17.8. The van der Waals surface area contributed by atoms with Crippen LogP contribution in [0.25, 0.3) is 0 Å². The van der Waals surface area contributed by atoms with Crippen molar-refractivity contribution in [3.8, 4) is 6.07 Å². The van der Waals surface area contributed by atoms with Crippen LogP contribution >= 0.6 is 0 Å². The number of rotatable bonds is 6. The molecule has 2 aromatic rings. The van der Waals surface area contributed by atoms with Crippen LogP contribution in [0.3, 0.4) is 0 Å². The summed E-state index contributed by atoms with van der Waals surface area (Å²) in [4.78, 5) is 27.2. The van der Waals surface area contributed by atoms with Gasteiger partial charge in [0.05, 0.1) is 17.7 Å². The van der Waals surface area contributed by atoms with Gasteiger partial charge in [-0.25, -0.2) is 4.39 Å². The van der Waals surface area contributed by atoms with E-state index in [0.717, 1.165) is 5.56 Å². The van der Waals surface area contributed by atoms with Crippen molar-refractivity contribution in [1.82, 2.24) is 10.2 Å². The van der Waals surface area contributed by atoms with Gasteiger partial charge in [0.15, 0.2) is 0 Å². The Labute approximate surface area is 182 Å². The summed E-state index contributed by atoms with van der Waals surface area (Å²) in [6, 6.07) is 13.5. The molecule has 1 heterocycles. The minimum Gasteiger partial charge on any atom is -0.352 e. The normalized spacial score (nSPS) is 15.7. The van der Waals surface area contributed by atoms with Crippen LogP contribution in [0.1, 0.15) is 36.5 Å². The molecule has 0 spiro atoms. The van der Waals surface area contributed by atoms with Crippen LogP contribution in [0.2, 0.25) is 0 Å². The minimum absolute atomic E-state index is 0.0361. The van der Waals surface area contributed by atoms with Crippen molar-refractivity contribution < 1.29 is 14.0 Å². The second-order valence-corrected chi connectivity index (χ2v) is 7.97. The standard InChI is InChI=1S/C24H27FN4O2/c1-16-6-7-19(13-22(16)25)15-27-24(31)20-8-10-29(11-9-20)17(2)23(30)28-21-5-3-4-18(12-21)14-26/h3-7,12-13,17,20H,8-11,15H2,1-2H3,(H,27,31)(H,28,30). The smallest absolute Gasteiger partial charge is 0.241 e. The van der Waals surface area contributed by atoms with E-state index in [0.29, 0.717) is 49.3 Å². The molecule has 162 valence electrons. The Bertz CT molecular complexity index is 993. The van der Waals surface area contributed by atoms with E-state index in [1.54, 1.807) is 37.3 Å². The lowest BCUT2D eigenvalue weighted by atomic mass is 9.94. The molecule has 7 heteroatoms. The summed E-state index contributed by atoms with van der Waals surface area (Å²) in [5.74, 6) is -0.564. The van der Waals surface area contributed by atoms with Gasteiger partial charge in [-0.15, -0.1) is 0 Å². The number of amides is 2. The quantitative estimate of drug-likeness (QED) is 0.748. The summed E-state index contributed by atoms with van der Waals surface area (Å²) in [5, 5.41) is 14.7. The summed E-state index contributed by atoms with van der Waals surface area (Å²) in [6.07, 6.45) is 1.32. The van der Waals surface area contributed by atoms with Crippen LogP contribution in [0.5, 0.6) is 0 Å². The molecule has 2 amide bonds. The second kappa shape index (κ2) is 10.2. The molecule has 1 unspecified atom stereocenters. The van der Waals surface area contributed by atoms with Crippen molar-refractivity contribution in [3.63, 3.8) is 0 Å². The van der Waals surface area contributed by atoms with Gasteiger partial charge in [-0.1, -0.05) is 18.2 Å². The molecule has 1 saturated heterocycles. The molecule has 31 heavy (non-hydrogen) atoms. The number of carbonyl (C=O) groups excluding carboxylic acids is 2. The van der Waals surface area contributed by atoms with Gasteiger partial charge in [0.25, 0.3) is 0 Å². The van der Waals surface area contributed by atoms with E-state index in [2.05, 4.69) is 21.6 Å². The Morgan fingerprint density at radius 3 is 2.65 bits per heavy atom. The third-order valence-electron chi connectivity index (χ3n) is 5.79. The molecular weight excluding hydrogens is 395 g/mol. The number of hydrogen-bond donors (Lipinski definition) is 2. The monoisotopic (exact) mass is 422 g/mol. The zero-order valence-electron chi connectivity index (χ0n) is 17.8. The predicted octanol–water partition coefficient (Wildman–Crippen LogP) is 3.36. The Morgan fingerprint density at radius 1 is 1.23 bits per heavy atom. The zero-order chi connectivity index (χ0) is 22.4. The van der Waals surface area contributed by atoms with Crippen molar-refractivity contribution in [2.24, 2.45) is 5.92 Å². The van der Waals surface area contributed by atoms with Crippen molar-refractivity contribution in [3.05, 3.63) is 65.0 Å². The summed E-state index contributed by atoms with van der Waals surface area (Å²) >= 11 is 0. The van der Waals surface area contributed by atoms with E-state index in [9.17, 15) is 14.0 Å². The van der Waals surface area contributed by atoms with Gasteiger partial charge in [-0.05, 0) is 75.2 Å². The molecule has 0 aromatic heterocycles. The van der Waals surface area contributed by atoms with Gasteiger partial charge in [0, 0.05) is 18.2 Å². The van der Waals surface area contributed by atoms with Crippen LogP contribution in [-0.4, -0.2) is 35.8 Å². The van der Waals surface area contributed by atoms with E-state index in [4.69, 9.17) is 5.26 Å². The number of carbonyl (C=O) groups is 2. The van der Waals surface area contributed by atoms with Crippen LogP contribution in [0.15, 0.2) is 42.5 Å². The van der Waals surface area contributed by atoms with Crippen molar-refractivity contribution >= 4 is 17.5 Å². The maximum atomic E-state index is 13.7. The molecule has 1 aliphatic rings. The number of benzene rings is 2. The van der Waals surface area contributed by atoms with Gasteiger partial charge in [0.1, 0.15) is 5.82 Å². The fourth-order valence-corrected chi connectivity index (χ4v) is 3.71. The van der Waals surface area contributed by atoms with Gasteiger partial charge < -0.3 is 10.6 Å². The van der Waals surface area contributed by atoms with E-state index >= 15 is 0 Å². The second-order valence-electron chi connectivity index (χ2n) is 7.97. The first-order valence-electron chi connectivity index (χ1n) is 10.4. The van der Waals surface area contributed by atoms with Crippen LogP contribution in [0.4, 0.5) is 10.1 Å². The van der Waals surface area contributed by atoms with Crippen molar-refractivity contribution in [1.29, 1.82) is 5.26 Å². The van der Waals surface area contributed by atoms with Gasteiger partial charge in [-0.2, -0.15) is 5.26 Å². The highest BCUT2D eigenvalue weighted by molar-refractivity contribution is 5.94. The number of halogens is 1. The van der Waals surface area contributed by atoms with E-state index in [-0.39, 0.29) is 29.6 Å². The number of piperidine rings is 1. The number of nitriles is 1. The first kappa shape index (κ1) is 22.4. The molecule has 0 bridgehead atoms. The number of hydrogen-bond acceptors (Lipinski definition) is 4. The topological polar surface area (TPSA) is 85.2 Å². The van der Waals surface area contributed by atoms with Crippen molar-refractivity contribution in [2.75, 3.05) is 18.4 Å². The van der Waals surface area contributed by atoms with Gasteiger partial charge in [0.2, 0.25) is 11.8 Å². The lowest BCUT2D eigenvalue weighted by molar-refractivity contribution is -0.127. The average molecular weight is 423 g/mol. The summed E-state index contributed by atoms with van der Waals surface area (Å²) in [5.41, 5.74) is 2.40. The Hall–Kier alpha value is -3.24. The maximum Gasteiger partial charge on any atom is 0.241 e. The Kier molecular flexibility index (Phi) is 7.37. The highest BCUT2D eigenvalue weighted by Crippen LogP contribution is 2.20. The predicted molar refractivity (Wildman–Crippen MR) is 117 cm³/mol. The molecule has 2 N–H and O–H groups in total. The summed E-state index contributed by atoms with van der Waals surface area (Å²) in [6.45, 7) is 5.14. The van der Waals surface area contributed by atoms with Crippen molar-refractivity contribution in [2.45, 2.75) is 39.3 Å². The molecule has 0 aliphatic carbocycles. The minimum atomic E-state index is -0.342. The molecule has 0 radical (unpaired) electrons. The third kappa shape index (κ3) is 5.89. The first-order chi connectivity index (χ1) is 14.9. The molecule has 1 fully saturated rings. The fraction of sp³-hybridized carbons (Fsp3) is 0.375. The van der Waals surface area contributed by atoms with Gasteiger partial charge >= 0.3 is 0 Å². The molecular formula is C24H27FN4O2. The number of anilines is 1. The number of likely N-dealkylation sites (tertiary alicyclic amines) is 1. The Morgan fingerprint density at radius 2 is 1.97 bits per heavy atom. The van der Waals surface area contributed by atoms with Crippen LogP contribution < -0.4 is 10.6 Å². The molecule has 6 nitrogen and oxygen atoms in total. The number of aryl methyl sites for hydroxylation is 1. The summed E-state index contributed by atoms with van der Waals surface area (Å²) in [7, 11) is 0. The molecule has 2 aromatic carbocycles. The van der Waals surface area contributed by atoms with E-state index < -0.39 is 0 Å². The molecule has 1 atom stereocenters. The number of nitrogens with zero attached hydrogens (tertiary/aromatic N) is 2. The van der Waals surface area contributed by atoms with Gasteiger partial charge in [-0.3, -0.25) is 14.5 Å². The maximum absolute atomic E-state index is 13.7. The highest BCUT2D eigenvalue weighted by Gasteiger charge is 2.29. The highest BCUT2D eigenvalue weighted by atomic mass is 19.1. The largest absolute Gasteiger partial charge is 0.352 e. The van der Waals surface area contributed by atoms with Crippen LogP contribution in [-0.2, 0) is 16.1 Å². The molecule has 0 saturated carbocycles. The summed E-state index contributed by atoms with van der Waals surface area (Å²) < 4.78 is 13.7. The number of nitrogens with one attached hydrogen (secondary N) is 2. The third-order valence-corrected chi connectivity index (χ3v) is 5.79. The van der Waals surface area contributed by atoms with E-state index in [1.807, 2.05) is 13.0 Å². The average Bonchev–Trinajstić information content (AvgIpc) is 2.79. The lowest BCUT2D eigenvalue weighted by Crippen LogP contribution is -2.48. The SMILES string of the molecule is Cc1ccc(CNC(=O)C2CCN(C(C)C(=O)Nc3cccc(C#N)c3)CC2)cc1F. The Balaban J connectivity index is 1.46. The fourth-order valence-electron chi connectivity index (χ4n) is 3.71. The molecule has 3 rings (SSSR count). The lowest BCUT2D eigenvalue weighted by Gasteiger charge is -2.34. The molecule has 1 aliphatic heterocycles. The first-order valence-corrected chi connectivity index (χ1v) is 10.4. The van der Waals surface area contributed by atoms with E-state index in [1.165, 1.54) is 6.07 Å².